The first-order chi connectivity index (χ1) is 18.1. The molecule has 0 aromatic heterocycles. The van der Waals surface area contributed by atoms with E-state index in [2.05, 4.69) is 5.32 Å². The Labute approximate surface area is 224 Å². The molecule has 11 heteroatoms. The average Bonchev–Trinajstić information content (AvgIpc) is 3.38. The van der Waals surface area contributed by atoms with Crippen LogP contribution in [0.15, 0.2) is 42.5 Å². The van der Waals surface area contributed by atoms with Crippen LogP contribution in [-0.4, -0.2) is 63.9 Å². The van der Waals surface area contributed by atoms with Gasteiger partial charge >= 0.3 is 0 Å². The predicted molar refractivity (Wildman–Crippen MR) is 145 cm³/mol. The number of carbonyl (C=O) groups excluding carboxylic acids is 2. The van der Waals surface area contributed by atoms with Crippen LogP contribution >= 0.6 is 0 Å². The number of anilines is 1. The Morgan fingerprint density at radius 3 is 2.47 bits per heavy atom. The fourth-order valence-electron chi connectivity index (χ4n) is 4.07. The summed E-state index contributed by atoms with van der Waals surface area (Å²) >= 11 is 0. The van der Waals surface area contributed by atoms with Gasteiger partial charge in [0.2, 0.25) is 28.6 Å². The molecule has 3 rings (SSSR count). The molecule has 1 N–H and O–H groups in total. The number of amides is 2. The van der Waals surface area contributed by atoms with Crippen molar-refractivity contribution in [2.24, 2.45) is 5.92 Å². The van der Waals surface area contributed by atoms with E-state index in [4.69, 9.17) is 14.2 Å². The maximum Gasteiger partial charge on any atom is 0.244 e. The van der Waals surface area contributed by atoms with Crippen molar-refractivity contribution in [1.29, 1.82) is 0 Å². The van der Waals surface area contributed by atoms with E-state index in [0.29, 0.717) is 30.2 Å². The van der Waals surface area contributed by atoms with Gasteiger partial charge in [-0.3, -0.25) is 13.9 Å². The van der Waals surface area contributed by atoms with Gasteiger partial charge < -0.3 is 24.4 Å². The molecule has 2 aromatic rings. The SMILES string of the molecule is CC[C@H](C(=O)NCC(C)C)N(Cc1cccc(OC)c1)C(=O)CN(c1ccc2c(c1)OCO2)S(=O)(=O)CC. The minimum atomic E-state index is -3.85. The van der Waals surface area contributed by atoms with Gasteiger partial charge in [0.1, 0.15) is 18.3 Å². The molecule has 1 heterocycles. The Balaban J connectivity index is 1.97. The molecule has 0 saturated heterocycles. The number of rotatable bonds is 13. The number of methoxy groups -OCH3 is 1. The van der Waals surface area contributed by atoms with Gasteiger partial charge in [-0.15, -0.1) is 0 Å². The number of hydrogen-bond donors (Lipinski definition) is 1. The summed E-state index contributed by atoms with van der Waals surface area (Å²) in [5.41, 5.74) is 1.03. The van der Waals surface area contributed by atoms with Gasteiger partial charge in [0.25, 0.3) is 0 Å². The smallest absolute Gasteiger partial charge is 0.244 e. The molecule has 208 valence electrons. The van der Waals surface area contributed by atoms with Crippen LogP contribution in [0.4, 0.5) is 5.69 Å². The van der Waals surface area contributed by atoms with Gasteiger partial charge in [0.15, 0.2) is 11.5 Å². The molecular weight excluding hydrogens is 510 g/mol. The van der Waals surface area contributed by atoms with Gasteiger partial charge in [-0.05, 0) is 49.1 Å². The summed E-state index contributed by atoms with van der Waals surface area (Å²) < 4.78 is 43.4. The molecule has 0 saturated carbocycles. The van der Waals surface area contributed by atoms with E-state index in [0.717, 1.165) is 9.87 Å². The normalized spacial score (nSPS) is 13.2. The van der Waals surface area contributed by atoms with E-state index in [9.17, 15) is 18.0 Å². The highest BCUT2D eigenvalue weighted by Gasteiger charge is 2.33. The van der Waals surface area contributed by atoms with Gasteiger partial charge in [-0.1, -0.05) is 32.9 Å². The Morgan fingerprint density at radius 2 is 1.82 bits per heavy atom. The van der Waals surface area contributed by atoms with E-state index in [1.54, 1.807) is 43.5 Å². The number of sulfonamides is 1. The quantitative estimate of drug-likeness (QED) is 0.410. The molecule has 1 atom stereocenters. The van der Waals surface area contributed by atoms with Gasteiger partial charge in [0.05, 0.1) is 18.6 Å². The molecular formula is C27H37N3O7S. The third-order valence-corrected chi connectivity index (χ3v) is 7.92. The maximum atomic E-state index is 13.9. The van der Waals surface area contributed by atoms with Crippen LogP contribution in [0.3, 0.4) is 0 Å². The highest BCUT2D eigenvalue weighted by molar-refractivity contribution is 7.92. The molecule has 0 bridgehead atoms. The standard InChI is InChI=1S/C27H37N3O7S/c1-6-23(27(32)28-15-19(3)4)29(16-20-9-8-10-22(13-20)35-5)26(31)17-30(38(33,34)7-2)21-11-12-24-25(14-21)37-18-36-24/h8-14,19,23H,6-7,15-18H2,1-5H3,(H,28,32)/t23-/m1/s1. The summed E-state index contributed by atoms with van der Waals surface area (Å²) in [6.07, 6.45) is 0.351. The first kappa shape index (κ1) is 29.1. The fraction of sp³-hybridized carbons (Fsp3) is 0.481. The highest BCUT2D eigenvalue weighted by Crippen LogP contribution is 2.36. The van der Waals surface area contributed by atoms with Crippen LogP contribution in [0.2, 0.25) is 0 Å². The molecule has 38 heavy (non-hydrogen) atoms. The Kier molecular flexibility index (Phi) is 9.84. The number of carbonyl (C=O) groups is 2. The fourth-order valence-corrected chi connectivity index (χ4v) is 5.12. The minimum Gasteiger partial charge on any atom is -0.497 e. The zero-order valence-corrected chi connectivity index (χ0v) is 23.4. The molecule has 1 aliphatic heterocycles. The van der Waals surface area contributed by atoms with E-state index in [1.165, 1.54) is 11.8 Å². The number of fused-ring (bicyclic) bond motifs is 1. The van der Waals surface area contributed by atoms with Crippen LogP contribution in [0.1, 0.15) is 39.7 Å². The van der Waals surface area contributed by atoms with Gasteiger partial charge in [-0.2, -0.15) is 0 Å². The van der Waals surface area contributed by atoms with E-state index in [1.807, 2.05) is 26.8 Å². The van der Waals surface area contributed by atoms with Crippen molar-refractivity contribution in [1.82, 2.24) is 10.2 Å². The number of hydrogen-bond acceptors (Lipinski definition) is 7. The summed E-state index contributed by atoms with van der Waals surface area (Å²) in [5, 5.41) is 2.91. The zero-order valence-electron chi connectivity index (χ0n) is 22.6. The van der Waals surface area contributed by atoms with Crippen LogP contribution in [-0.2, 0) is 26.2 Å². The van der Waals surface area contributed by atoms with Crippen LogP contribution in [0.25, 0.3) is 0 Å². The first-order valence-corrected chi connectivity index (χ1v) is 14.3. The third-order valence-electron chi connectivity index (χ3n) is 6.18. The summed E-state index contributed by atoms with van der Waals surface area (Å²) in [6.45, 7) is 7.43. The second-order valence-corrected chi connectivity index (χ2v) is 11.6. The molecule has 2 aromatic carbocycles. The van der Waals surface area contributed by atoms with Crippen molar-refractivity contribution in [3.63, 3.8) is 0 Å². The van der Waals surface area contributed by atoms with Crippen molar-refractivity contribution >= 4 is 27.5 Å². The topological polar surface area (TPSA) is 114 Å². The molecule has 10 nitrogen and oxygen atoms in total. The average molecular weight is 548 g/mol. The predicted octanol–water partition coefficient (Wildman–Crippen LogP) is 3.16. The lowest BCUT2D eigenvalue weighted by Crippen LogP contribution is -2.52. The van der Waals surface area contributed by atoms with Crippen molar-refractivity contribution < 1.29 is 32.2 Å². The number of benzene rings is 2. The largest absolute Gasteiger partial charge is 0.497 e. The third kappa shape index (κ3) is 7.09. The summed E-state index contributed by atoms with van der Waals surface area (Å²) in [5.74, 6) is 0.745. The minimum absolute atomic E-state index is 0.0379. The maximum absolute atomic E-state index is 13.9. The zero-order chi connectivity index (χ0) is 27.9. The van der Waals surface area contributed by atoms with Crippen molar-refractivity contribution in [2.75, 3.05) is 37.1 Å². The van der Waals surface area contributed by atoms with Crippen molar-refractivity contribution in [3.05, 3.63) is 48.0 Å². The lowest BCUT2D eigenvalue weighted by atomic mass is 10.1. The molecule has 2 amide bonds. The summed E-state index contributed by atoms with van der Waals surface area (Å²) in [6, 6.07) is 11.2. The number of nitrogens with zero attached hydrogens (tertiary/aromatic N) is 2. The highest BCUT2D eigenvalue weighted by atomic mass is 32.2. The molecule has 0 fully saturated rings. The van der Waals surface area contributed by atoms with Gasteiger partial charge in [0, 0.05) is 19.2 Å². The lowest BCUT2D eigenvalue weighted by Gasteiger charge is -2.33. The van der Waals surface area contributed by atoms with Gasteiger partial charge in [-0.25, -0.2) is 8.42 Å². The molecule has 0 unspecified atom stereocenters. The first-order valence-electron chi connectivity index (χ1n) is 12.7. The molecule has 0 radical (unpaired) electrons. The molecule has 0 aliphatic carbocycles. The Bertz CT molecular complexity index is 1230. The summed E-state index contributed by atoms with van der Waals surface area (Å²) in [4.78, 5) is 28.5. The van der Waals surface area contributed by atoms with Crippen LogP contribution in [0, 0.1) is 5.92 Å². The molecule has 1 aliphatic rings. The van der Waals surface area contributed by atoms with E-state index >= 15 is 0 Å². The number of ether oxygens (including phenoxy) is 3. The number of nitrogens with one attached hydrogen (secondary N) is 1. The van der Waals surface area contributed by atoms with Crippen molar-refractivity contribution in [2.45, 2.75) is 46.7 Å². The van der Waals surface area contributed by atoms with E-state index in [-0.39, 0.29) is 36.6 Å². The monoisotopic (exact) mass is 547 g/mol. The molecule has 0 spiro atoms. The lowest BCUT2D eigenvalue weighted by molar-refractivity contribution is -0.140. The van der Waals surface area contributed by atoms with Crippen LogP contribution < -0.4 is 23.8 Å². The second-order valence-electron chi connectivity index (χ2n) is 9.38. The second kappa shape index (κ2) is 12.9. The Hall–Kier alpha value is -3.47. The van der Waals surface area contributed by atoms with Crippen molar-refractivity contribution in [3.8, 4) is 17.2 Å². The Morgan fingerprint density at radius 1 is 1.08 bits per heavy atom. The van der Waals surface area contributed by atoms with E-state index < -0.39 is 28.5 Å². The van der Waals surface area contributed by atoms with Crippen LogP contribution in [0.5, 0.6) is 17.2 Å². The summed E-state index contributed by atoms with van der Waals surface area (Å²) in [7, 11) is -2.30.